The van der Waals surface area contributed by atoms with Crippen molar-refractivity contribution < 1.29 is 54.4 Å². The predicted octanol–water partition coefficient (Wildman–Crippen LogP) is -2.89. The van der Waals surface area contributed by atoms with Crippen molar-refractivity contribution in [1.29, 1.82) is 0 Å². The van der Waals surface area contributed by atoms with Gasteiger partial charge in [0.15, 0.2) is 6.29 Å². The van der Waals surface area contributed by atoms with Gasteiger partial charge in [0.1, 0.15) is 35.6 Å². The molecule has 1 saturated heterocycles. The van der Waals surface area contributed by atoms with Crippen molar-refractivity contribution in [3.8, 4) is 0 Å². The quantitative estimate of drug-likeness (QED) is 0.264. The topological polar surface area (TPSA) is 175 Å². The lowest BCUT2D eigenvalue weighted by molar-refractivity contribution is -0.351. The van der Waals surface area contributed by atoms with Gasteiger partial charge in [0.25, 0.3) is 0 Å². The second-order valence-electron chi connectivity index (χ2n) is 7.63. The number of hydrogen-bond acceptors (Lipinski definition) is 11. The lowest BCUT2D eigenvalue weighted by Gasteiger charge is -2.45. The van der Waals surface area contributed by atoms with E-state index in [2.05, 4.69) is 0 Å². The lowest BCUT2D eigenvalue weighted by Crippen LogP contribution is -2.62. The van der Waals surface area contributed by atoms with E-state index < -0.39 is 72.8 Å². The second kappa shape index (κ2) is 7.50. The van der Waals surface area contributed by atoms with Crippen molar-refractivity contribution in [3.63, 3.8) is 0 Å². The SMILES string of the molecule is CC(=O)O[C@@]1(C)C[C@@H](O)[C@]2(O)C=CO[C@H](O[C@H]3O[C@H](CO)[C@@H](O)[C@H](O)[C@H]3O)[C@@H]21. The Kier molecular flexibility index (Phi) is 5.73. The Labute approximate surface area is 160 Å². The van der Waals surface area contributed by atoms with Crippen LogP contribution in [0.2, 0.25) is 0 Å². The van der Waals surface area contributed by atoms with Crippen molar-refractivity contribution in [2.45, 2.75) is 74.6 Å². The summed E-state index contributed by atoms with van der Waals surface area (Å²) in [6.07, 6.45) is -8.06. The molecule has 6 N–H and O–H groups in total. The normalized spacial score (nSPS) is 50.7. The molecule has 0 spiro atoms. The number of aliphatic hydroxyl groups is 6. The molecule has 11 heteroatoms. The maximum Gasteiger partial charge on any atom is 0.303 e. The molecule has 28 heavy (non-hydrogen) atoms. The number of carbonyl (C=O) groups is 1. The molecule has 2 fully saturated rings. The molecule has 3 aliphatic rings. The van der Waals surface area contributed by atoms with E-state index in [1.165, 1.54) is 19.9 Å². The summed E-state index contributed by atoms with van der Waals surface area (Å²) in [6, 6.07) is 0. The summed E-state index contributed by atoms with van der Waals surface area (Å²) in [5.74, 6) is -1.74. The lowest BCUT2D eigenvalue weighted by atomic mass is 9.81. The highest BCUT2D eigenvalue weighted by atomic mass is 16.8. The van der Waals surface area contributed by atoms with E-state index in [-0.39, 0.29) is 6.42 Å². The van der Waals surface area contributed by atoms with Gasteiger partial charge in [0, 0.05) is 13.3 Å². The number of carbonyl (C=O) groups excluding carboxylic acids is 1. The minimum Gasteiger partial charge on any atom is -0.472 e. The third-order valence-electron chi connectivity index (χ3n) is 5.60. The molecule has 1 aliphatic carbocycles. The first-order chi connectivity index (χ1) is 13.0. The van der Waals surface area contributed by atoms with Crippen LogP contribution in [-0.2, 0) is 23.7 Å². The maximum absolute atomic E-state index is 11.6. The highest BCUT2D eigenvalue weighted by molar-refractivity contribution is 5.66. The molecule has 10 atom stereocenters. The molecule has 0 bridgehead atoms. The van der Waals surface area contributed by atoms with E-state index in [0.29, 0.717) is 0 Å². The molecule has 0 unspecified atom stereocenters. The summed E-state index contributed by atoms with van der Waals surface area (Å²) >= 11 is 0. The minimum atomic E-state index is -1.85. The fourth-order valence-electron chi connectivity index (χ4n) is 4.25. The summed E-state index contributed by atoms with van der Waals surface area (Å²) in [6.45, 7) is 2.04. The monoisotopic (exact) mass is 406 g/mol. The Morgan fingerprint density at radius 2 is 1.86 bits per heavy atom. The van der Waals surface area contributed by atoms with E-state index in [0.717, 1.165) is 6.26 Å². The number of fused-ring (bicyclic) bond motifs is 1. The Balaban J connectivity index is 1.87. The molecule has 1 saturated carbocycles. The van der Waals surface area contributed by atoms with Gasteiger partial charge in [-0.3, -0.25) is 4.79 Å². The van der Waals surface area contributed by atoms with Crippen LogP contribution in [0.1, 0.15) is 20.3 Å². The number of hydrogen-bond donors (Lipinski definition) is 6. The van der Waals surface area contributed by atoms with Crippen LogP contribution in [0.4, 0.5) is 0 Å². The van der Waals surface area contributed by atoms with E-state index in [1.807, 2.05) is 0 Å². The zero-order valence-corrected chi connectivity index (χ0v) is 15.4. The molecule has 0 aromatic heterocycles. The van der Waals surface area contributed by atoms with Crippen LogP contribution in [-0.4, -0.2) is 97.5 Å². The van der Waals surface area contributed by atoms with Crippen molar-refractivity contribution in [2.75, 3.05) is 6.61 Å². The van der Waals surface area contributed by atoms with Gasteiger partial charge in [-0.25, -0.2) is 0 Å². The maximum atomic E-state index is 11.6. The zero-order chi connectivity index (χ0) is 20.9. The summed E-state index contributed by atoms with van der Waals surface area (Å²) in [7, 11) is 0. The van der Waals surface area contributed by atoms with E-state index in [4.69, 9.17) is 18.9 Å². The van der Waals surface area contributed by atoms with Crippen LogP contribution < -0.4 is 0 Å². The van der Waals surface area contributed by atoms with Crippen LogP contribution >= 0.6 is 0 Å². The highest BCUT2D eigenvalue weighted by Crippen LogP contribution is 2.51. The van der Waals surface area contributed by atoms with Gasteiger partial charge in [-0.15, -0.1) is 0 Å². The van der Waals surface area contributed by atoms with E-state index in [1.54, 1.807) is 0 Å². The average molecular weight is 406 g/mol. The third-order valence-corrected chi connectivity index (χ3v) is 5.60. The zero-order valence-electron chi connectivity index (χ0n) is 15.4. The van der Waals surface area contributed by atoms with E-state index >= 15 is 0 Å². The van der Waals surface area contributed by atoms with Crippen molar-refractivity contribution in [2.24, 2.45) is 5.92 Å². The van der Waals surface area contributed by atoms with Crippen LogP contribution in [0.5, 0.6) is 0 Å². The standard InChI is InChI=1S/C17H26O11/c1-7(19)28-16(2)5-9(20)17(24)3-4-25-15(13(16)17)27-14-12(23)11(22)10(21)8(6-18)26-14/h3-4,8-15,18,20-24H,5-6H2,1-2H3/t8-,9-,10-,11+,12-,13-,14-,15-,16+,17-/m1/s1. The Bertz CT molecular complexity index is 624. The van der Waals surface area contributed by atoms with Gasteiger partial charge in [-0.05, 0) is 13.0 Å². The molecular weight excluding hydrogens is 380 g/mol. The van der Waals surface area contributed by atoms with Crippen LogP contribution in [0.15, 0.2) is 12.3 Å². The Hall–Kier alpha value is -1.31. The first-order valence-electron chi connectivity index (χ1n) is 8.92. The first-order valence-corrected chi connectivity index (χ1v) is 8.92. The number of rotatable bonds is 4. The largest absolute Gasteiger partial charge is 0.472 e. The van der Waals surface area contributed by atoms with Gasteiger partial charge in [0.05, 0.1) is 24.9 Å². The molecule has 3 rings (SSSR count). The molecule has 0 radical (unpaired) electrons. The molecule has 0 aromatic rings. The van der Waals surface area contributed by atoms with E-state index in [9.17, 15) is 35.4 Å². The smallest absolute Gasteiger partial charge is 0.303 e. The molecular formula is C17H26O11. The Morgan fingerprint density at radius 1 is 1.18 bits per heavy atom. The molecule has 160 valence electrons. The summed E-state index contributed by atoms with van der Waals surface area (Å²) < 4.78 is 21.7. The Morgan fingerprint density at radius 3 is 2.46 bits per heavy atom. The van der Waals surface area contributed by atoms with Gasteiger partial charge >= 0.3 is 5.97 Å². The van der Waals surface area contributed by atoms with Gasteiger partial charge in [-0.2, -0.15) is 0 Å². The van der Waals surface area contributed by atoms with Crippen molar-refractivity contribution >= 4 is 5.97 Å². The van der Waals surface area contributed by atoms with Crippen molar-refractivity contribution in [3.05, 3.63) is 12.3 Å². The van der Waals surface area contributed by atoms with Crippen LogP contribution in [0, 0.1) is 5.92 Å². The molecule has 2 heterocycles. The predicted molar refractivity (Wildman–Crippen MR) is 88.1 cm³/mol. The molecule has 0 aromatic carbocycles. The number of esters is 1. The first kappa shape index (κ1) is 21.4. The fourth-order valence-corrected chi connectivity index (χ4v) is 4.25. The molecule has 2 aliphatic heterocycles. The molecule has 0 amide bonds. The fraction of sp³-hybridized carbons (Fsp3) is 0.824. The molecule has 11 nitrogen and oxygen atoms in total. The van der Waals surface area contributed by atoms with Crippen LogP contribution in [0.3, 0.4) is 0 Å². The minimum absolute atomic E-state index is 0.101. The highest BCUT2D eigenvalue weighted by Gasteiger charge is 2.66. The van der Waals surface area contributed by atoms with Gasteiger partial charge in [-0.1, -0.05) is 0 Å². The second-order valence-corrected chi connectivity index (χ2v) is 7.63. The van der Waals surface area contributed by atoms with Gasteiger partial charge in [0.2, 0.25) is 6.29 Å². The number of ether oxygens (including phenoxy) is 4. The number of aliphatic hydroxyl groups excluding tert-OH is 5. The van der Waals surface area contributed by atoms with Gasteiger partial charge < -0.3 is 49.6 Å². The average Bonchev–Trinajstić information content (AvgIpc) is 2.81. The summed E-state index contributed by atoms with van der Waals surface area (Å²) in [4.78, 5) is 11.6. The summed E-state index contributed by atoms with van der Waals surface area (Å²) in [5, 5.41) is 60.6. The summed E-state index contributed by atoms with van der Waals surface area (Å²) in [5.41, 5.74) is -3.22. The third kappa shape index (κ3) is 3.42. The van der Waals surface area contributed by atoms with Crippen molar-refractivity contribution in [1.82, 2.24) is 0 Å². The van der Waals surface area contributed by atoms with Crippen LogP contribution in [0.25, 0.3) is 0 Å².